The lowest BCUT2D eigenvalue weighted by molar-refractivity contribution is -0.112. The Kier molecular flexibility index (Phi) is 4.18. The minimum Gasteiger partial charge on any atom is -0.297 e. The molecule has 5 heteroatoms. The summed E-state index contributed by atoms with van der Waals surface area (Å²) in [6, 6.07) is 23.3. The molecule has 0 aliphatic carbocycles. The molecule has 4 rings (SSSR count). The summed E-state index contributed by atoms with van der Waals surface area (Å²) in [4.78, 5) is 17.0. The zero-order valence-electron chi connectivity index (χ0n) is 13.6. The maximum absolute atomic E-state index is 12.5. The summed E-state index contributed by atoms with van der Waals surface area (Å²) in [5, 5.41) is 14.7. The molecule has 0 aliphatic rings. The van der Waals surface area contributed by atoms with Gasteiger partial charge in [0.1, 0.15) is 11.6 Å². The van der Waals surface area contributed by atoms with Crippen molar-refractivity contribution in [2.75, 3.05) is 5.32 Å². The van der Waals surface area contributed by atoms with Crippen molar-refractivity contribution in [1.82, 2.24) is 4.98 Å². The van der Waals surface area contributed by atoms with Gasteiger partial charge in [-0.2, -0.15) is 5.26 Å². The summed E-state index contributed by atoms with van der Waals surface area (Å²) in [5.41, 5.74) is 1.70. The zero-order valence-corrected chi connectivity index (χ0v) is 14.5. The van der Waals surface area contributed by atoms with Gasteiger partial charge in [0.05, 0.1) is 10.2 Å². The second-order valence-corrected chi connectivity index (χ2v) is 6.72. The van der Waals surface area contributed by atoms with E-state index in [-0.39, 0.29) is 5.57 Å². The normalized spacial score (nSPS) is 11.4. The highest BCUT2D eigenvalue weighted by Gasteiger charge is 2.13. The maximum atomic E-state index is 12.5. The Hall–Kier alpha value is -3.49. The molecule has 0 aliphatic heterocycles. The van der Waals surface area contributed by atoms with Crippen LogP contribution in [0.5, 0.6) is 0 Å². The van der Waals surface area contributed by atoms with Gasteiger partial charge in [0.15, 0.2) is 5.13 Å². The number of benzene rings is 3. The standard InChI is InChI=1S/C21H13N3OS/c22-13-16(12-14-6-2-1-3-7-14)20(25)24-21-23-19-17-9-5-4-8-15(17)10-11-18(19)26-21/h1-12H,(H,23,24,25)/b16-12-. The van der Waals surface area contributed by atoms with Crippen molar-refractivity contribution in [3.8, 4) is 6.07 Å². The number of hydrogen-bond donors (Lipinski definition) is 1. The third-order valence-electron chi connectivity index (χ3n) is 3.98. The van der Waals surface area contributed by atoms with E-state index in [1.807, 2.05) is 72.8 Å². The molecule has 0 atom stereocenters. The molecule has 1 heterocycles. The number of aromatic nitrogens is 1. The molecule has 0 radical (unpaired) electrons. The Morgan fingerprint density at radius 1 is 1.04 bits per heavy atom. The summed E-state index contributed by atoms with van der Waals surface area (Å²) in [7, 11) is 0. The third kappa shape index (κ3) is 3.06. The quantitative estimate of drug-likeness (QED) is 0.416. The monoisotopic (exact) mass is 355 g/mol. The smallest absolute Gasteiger partial charge is 0.268 e. The summed E-state index contributed by atoms with van der Waals surface area (Å²) in [6.45, 7) is 0. The topological polar surface area (TPSA) is 65.8 Å². The van der Waals surface area contributed by atoms with Crippen LogP contribution in [-0.4, -0.2) is 10.9 Å². The van der Waals surface area contributed by atoms with Crippen LogP contribution in [0.25, 0.3) is 27.1 Å². The number of anilines is 1. The van der Waals surface area contributed by atoms with E-state index >= 15 is 0 Å². The van der Waals surface area contributed by atoms with Gasteiger partial charge in [-0.15, -0.1) is 0 Å². The Labute approximate surface area is 154 Å². The lowest BCUT2D eigenvalue weighted by atomic mass is 10.1. The Bertz CT molecular complexity index is 1190. The van der Waals surface area contributed by atoms with Crippen LogP contribution in [0.1, 0.15) is 5.56 Å². The van der Waals surface area contributed by atoms with E-state index < -0.39 is 5.91 Å². The van der Waals surface area contributed by atoms with Crippen molar-refractivity contribution < 1.29 is 4.79 Å². The molecule has 4 aromatic rings. The number of amides is 1. The van der Waals surface area contributed by atoms with Crippen LogP contribution in [-0.2, 0) is 4.79 Å². The number of nitrogens with zero attached hydrogens (tertiary/aromatic N) is 2. The minimum absolute atomic E-state index is 0.0420. The molecule has 1 aromatic heterocycles. The average Bonchev–Trinajstić information content (AvgIpc) is 3.09. The Morgan fingerprint density at radius 2 is 1.81 bits per heavy atom. The van der Waals surface area contributed by atoms with Crippen molar-refractivity contribution in [2.45, 2.75) is 0 Å². The van der Waals surface area contributed by atoms with Crippen molar-refractivity contribution in [1.29, 1.82) is 5.26 Å². The Morgan fingerprint density at radius 3 is 2.62 bits per heavy atom. The number of rotatable bonds is 3. The SMILES string of the molecule is N#C/C(=C/c1ccccc1)C(=O)Nc1nc2c(ccc3ccccc32)s1. The first kappa shape index (κ1) is 16.0. The second kappa shape index (κ2) is 6.79. The fourth-order valence-corrected chi connectivity index (χ4v) is 3.62. The van der Waals surface area contributed by atoms with E-state index in [9.17, 15) is 10.1 Å². The van der Waals surface area contributed by atoms with E-state index in [1.165, 1.54) is 11.3 Å². The van der Waals surface area contributed by atoms with Crippen molar-refractivity contribution in [3.05, 3.63) is 77.9 Å². The number of nitriles is 1. The van der Waals surface area contributed by atoms with Gasteiger partial charge < -0.3 is 0 Å². The molecule has 124 valence electrons. The molecular weight excluding hydrogens is 342 g/mol. The van der Waals surface area contributed by atoms with Crippen LogP contribution >= 0.6 is 11.3 Å². The van der Waals surface area contributed by atoms with Gasteiger partial charge in [0, 0.05) is 5.39 Å². The van der Waals surface area contributed by atoms with Crippen LogP contribution in [0.4, 0.5) is 5.13 Å². The van der Waals surface area contributed by atoms with Crippen molar-refractivity contribution in [3.63, 3.8) is 0 Å². The van der Waals surface area contributed by atoms with Gasteiger partial charge in [-0.05, 0) is 23.1 Å². The van der Waals surface area contributed by atoms with E-state index in [2.05, 4.69) is 10.3 Å². The fourth-order valence-electron chi connectivity index (χ4n) is 2.74. The second-order valence-electron chi connectivity index (χ2n) is 5.69. The van der Waals surface area contributed by atoms with Crippen LogP contribution < -0.4 is 5.32 Å². The highest BCUT2D eigenvalue weighted by atomic mass is 32.1. The molecule has 0 saturated heterocycles. The third-order valence-corrected chi connectivity index (χ3v) is 4.92. The molecule has 0 unspecified atom stereocenters. The molecular formula is C21H13N3OS. The number of fused-ring (bicyclic) bond motifs is 3. The van der Waals surface area contributed by atoms with E-state index in [4.69, 9.17) is 0 Å². The molecule has 1 N–H and O–H groups in total. The first-order valence-corrected chi connectivity index (χ1v) is 8.83. The average molecular weight is 355 g/mol. The van der Waals surface area contributed by atoms with Gasteiger partial charge in [-0.1, -0.05) is 72.0 Å². The molecule has 0 saturated carbocycles. The largest absolute Gasteiger partial charge is 0.297 e. The van der Waals surface area contributed by atoms with E-state index in [1.54, 1.807) is 6.08 Å². The Balaban J connectivity index is 1.66. The summed E-state index contributed by atoms with van der Waals surface area (Å²) >= 11 is 1.39. The molecule has 0 fully saturated rings. The number of nitrogens with one attached hydrogen (secondary N) is 1. The van der Waals surface area contributed by atoms with Gasteiger partial charge in [-0.25, -0.2) is 4.98 Å². The van der Waals surface area contributed by atoms with Gasteiger partial charge in [-0.3, -0.25) is 10.1 Å². The first-order valence-electron chi connectivity index (χ1n) is 8.01. The van der Waals surface area contributed by atoms with Gasteiger partial charge in [0.25, 0.3) is 5.91 Å². The molecule has 0 spiro atoms. The molecule has 4 nitrogen and oxygen atoms in total. The van der Waals surface area contributed by atoms with Crippen molar-refractivity contribution >= 4 is 49.4 Å². The lowest BCUT2D eigenvalue weighted by Gasteiger charge is -2.00. The predicted octanol–water partition coefficient (Wildman–Crippen LogP) is 5.00. The van der Waals surface area contributed by atoms with E-state index in [0.29, 0.717) is 5.13 Å². The summed E-state index contributed by atoms with van der Waals surface area (Å²) in [6.07, 6.45) is 1.57. The lowest BCUT2D eigenvalue weighted by Crippen LogP contribution is -2.13. The van der Waals surface area contributed by atoms with Gasteiger partial charge in [0.2, 0.25) is 0 Å². The van der Waals surface area contributed by atoms with Crippen LogP contribution in [0.3, 0.4) is 0 Å². The number of carbonyl (C=O) groups is 1. The summed E-state index contributed by atoms with van der Waals surface area (Å²) in [5.74, 6) is -0.459. The first-order chi connectivity index (χ1) is 12.7. The van der Waals surface area contributed by atoms with Crippen LogP contribution in [0, 0.1) is 11.3 Å². The molecule has 1 amide bonds. The predicted molar refractivity (Wildman–Crippen MR) is 106 cm³/mol. The maximum Gasteiger partial charge on any atom is 0.268 e. The number of carbonyl (C=O) groups excluding carboxylic acids is 1. The molecule has 26 heavy (non-hydrogen) atoms. The highest BCUT2D eigenvalue weighted by molar-refractivity contribution is 7.22. The summed E-state index contributed by atoms with van der Waals surface area (Å²) < 4.78 is 0.990. The van der Waals surface area contributed by atoms with E-state index in [0.717, 1.165) is 26.6 Å². The van der Waals surface area contributed by atoms with Crippen molar-refractivity contribution in [2.24, 2.45) is 0 Å². The fraction of sp³-hybridized carbons (Fsp3) is 0. The van der Waals surface area contributed by atoms with Gasteiger partial charge >= 0.3 is 0 Å². The number of thiazole rings is 1. The highest BCUT2D eigenvalue weighted by Crippen LogP contribution is 2.31. The van der Waals surface area contributed by atoms with Crippen LogP contribution in [0.15, 0.2) is 72.3 Å². The molecule has 0 bridgehead atoms. The minimum atomic E-state index is -0.459. The number of hydrogen-bond acceptors (Lipinski definition) is 4. The zero-order chi connectivity index (χ0) is 17.9. The molecule has 3 aromatic carbocycles. The van der Waals surface area contributed by atoms with Crippen LogP contribution in [0.2, 0.25) is 0 Å².